The molecule has 0 aromatic carbocycles. The highest BCUT2D eigenvalue weighted by molar-refractivity contribution is 5.88. The van der Waals surface area contributed by atoms with Crippen molar-refractivity contribution >= 4 is 11.8 Å². The van der Waals surface area contributed by atoms with Gasteiger partial charge in [0.15, 0.2) is 0 Å². The molecule has 8 nitrogen and oxygen atoms in total. The normalized spacial score (nSPS) is 27.8. The van der Waals surface area contributed by atoms with Crippen molar-refractivity contribution in [3.63, 3.8) is 0 Å². The van der Waals surface area contributed by atoms with Crippen LogP contribution in [0.2, 0.25) is 0 Å². The van der Waals surface area contributed by atoms with Crippen molar-refractivity contribution in [1.82, 2.24) is 19.9 Å². The van der Waals surface area contributed by atoms with Gasteiger partial charge >= 0.3 is 0 Å². The summed E-state index contributed by atoms with van der Waals surface area (Å²) in [6.45, 7) is 4.22. The van der Waals surface area contributed by atoms with Gasteiger partial charge in [-0.25, -0.2) is 0 Å². The van der Waals surface area contributed by atoms with Crippen LogP contribution in [0, 0.1) is 11.3 Å². The number of amides is 2. The number of piperidine rings is 2. The van der Waals surface area contributed by atoms with Crippen molar-refractivity contribution in [1.29, 1.82) is 0 Å². The predicted molar refractivity (Wildman–Crippen MR) is 88.3 cm³/mol. The van der Waals surface area contributed by atoms with E-state index in [1.165, 1.54) is 12.8 Å². The lowest BCUT2D eigenvalue weighted by Crippen LogP contribution is -2.54. The third-order valence-corrected chi connectivity index (χ3v) is 5.71. The Balaban J connectivity index is 1.40. The summed E-state index contributed by atoms with van der Waals surface area (Å²) in [7, 11) is 0. The number of rotatable bonds is 5. The number of likely N-dealkylation sites (tertiary alicyclic amines) is 2. The molecule has 25 heavy (non-hydrogen) atoms. The maximum absolute atomic E-state index is 12.3. The Bertz CT molecular complexity index is 671. The predicted octanol–water partition coefficient (Wildman–Crippen LogP) is 0.783. The molecule has 2 aliphatic heterocycles. The van der Waals surface area contributed by atoms with E-state index in [1.54, 1.807) is 0 Å². The fourth-order valence-electron chi connectivity index (χ4n) is 4.27. The second-order valence-electron chi connectivity index (χ2n) is 7.91. The third kappa shape index (κ3) is 3.68. The summed E-state index contributed by atoms with van der Waals surface area (Å²) in [4.78, 5) is 31.8. The molecule has 3 aliphatic rings. The molecule has 1 atom stereocenters. The van der Waals surface area contributed by atoms with Crippen LogP contribution in [-0.4, -0.2) is 57.9 Å². The molecule has 1 spiro atoms. The van der Waals surface area contributed by atoms with Crippen molar-refractivity contribution in [2.45, 2.75) is 45.1 Å². The summed E-state index contributed by atoms with van der Waals surface area (Å²) in [5.74, 6) is 0.724. The Morgan fingerprint density at radius 1 is 1.32 bits per heavy atom. The second-order valence-corrected chi connectivity index (χ2v) is 7.91. The van der Waals surface area contributed by atoms with Gasteiger partial charge in [0.05, 0.1) is 6.54 Å². The minimum atomic E-state index is -0.674. The highest BCUT2D eigenvalue weighted by Crippen LogP contribution is 2.40. The zero-order valence-electron chi connectivity index (χ0n) is 14.4. The fraction of sp³-hybridized carbons (Fsp3) is 0.765. The van der Waals surface area contributed by atoms with E-state index >= 15 is 0 Å². The molecule has 2 N–H and O–H groups in total. The first-order chi connectivity index (χ1) is 12.0. The van der Waals surface area contributed by atoms with Crippen LogP contribution in [0.5, 0.6) is 0 Å². The first kappa shape index (κ1) is 16.5. The summed E-state index contributed by atoms with van der Waals surface area (Å²) in [5, 5.41) is 3.61. The zero-order chi connectivity index (χ0) is 17.4. The van der Waals surface area contributed by atoms with Crippen molar-refractivity contribution in [3.05, 3.63) is 11.7 Å². The van der Waals surface area contributed by atoms with Gasteiger partial charge in [0.25, 0.3) is 11.7 Å². The molecule has 2 amide bonds. The zero-order valence-corrected chi connectivity index (χ0v) is 14.4. The standard InChI is InChI=1S/C17H25N5O3/c18-15(24)16-19-13(25-20-16)9-21-7-1-5-17(10-21)6-4-14(23)22(11-17)8-12-2-3-12/h12H,1-11H2,(H2,18,24)/t17-/m0/s1. The monoisotopic (exact) mass is 347 g/mol. The largest absolute Gasteiger partial charge is 0.363 e. The van der Waals surface area contributed by atoms with Gasteiger partial charge < -0.3 is 15.2 Å². The smallest absolute Gasteiger partial charge is 0.290 e. The summed E-state index contributed by atoms with van der Waals surface area (Å²) >= 11 is 0. The summed E-state index contributed by atoms with van der Waals surface area (Å²) in [5.41, 5.74) is 5.34. The number of aromatic nitrogens is 2. The van der Waals surface area contributed by atoms with Gasteiger partial charge in [0, 0.05) is 31.5 Å². The lowest BCUT2D eigenvalue weighted by atomic mass is 9.73. The van der Waals surface area contributed by atoms with Crippen molar-refractivity contribution in [3.8, 4) is 0 Å². The molecule has 0 bridgehead atoms. The Labute approximate surface area is 146 Å². The van der Waals surface area contributed by atoms with E-state index in [0.717, 1.165) is 51.4 Å². The van der Waals surface area contributed by atoms with Gasteiger partial charge in [-0.05, 0) is 44.6 Å². The molecule has 2 saturated heterocycles. The van der Waals surface area contributed by atoms with E-state index in [2.05, 4.69) is 19.9 Å². The van der Waals surface area contributed by atoms with Gasteiger partial charge in [-0.15, -0.1) is 0 Å². The first-order valence-corrected chi connectivity index (χ1v) is 9.16. The van der Waals surface area contributed by atoms with Crippen molar-refractivity contribution in [2.24, 2.45) is 17.1 Å². The lowest BCUT2D eigenvalue weighted by Gasteiger charge is -2.48. The van der Waals surface area contributed by atoms with Gasteiger partial charge in [-0.1, -0.05) is 5.16 Å². The van der Waals surface area contributed by atoms with Gasteiger partial charge in [0.1, 0.15) is 0 Å². The van der Waals surface area contributed by atoms with Crippen LogP contribution >= 0.6 is 0 Å². The van der Waals surface area contributed by atoms with Crippen LogP contribution in [-0.2, 0) is 11.3 Å². The maximum Gasteiger partial charge on any atom is 0.290 e. The van der Waals surface area contributed by atoms with Crippen LogP contribution in [0.1, 0.15) is 55.0 Å². The third-order valence-electron chi connectivity index (χ3n) is 5.71. The Morgan fingerprint density at radius 2 is 2.16 bits per heavy atom. The molecule has 3 fully saturated rings. The number of nitrogens with two attached hydrogens (primary N) is 1. The first-order valence-electron chi connectivity index (χ1n) is 9.16. The molecule has 1 aromatic heterocycles. The molecular weight excluding hydrogens is 322 g/mol. The van der Waals surface area contributed by atoms with Gasteiger partial charge in [-0.2, -0.15) is 4.98 Å². The van der Waals surface area contributed by atoms with E-state index in [9.17, 15) is 9.59 Å². The van der Waals surface area contributed by atoms with E-state index < -0.39 is 5.91 Å². The SMILES string of the molecule is NC(=O)c1noc(CN2CCC[C@]3(CCC(=O)N(CC4CC4)C3)C2)n1. The van der Waals surface area contributed by atoms with Crippen LogP contribution in [0.4, 0.5) is 0 Å². The average Bonchev–Trinajstić information content (AvgIpc) is 3.27. The number of hydrogen-bond donors (Lipinski definition) is 1. The van der Waals surface area contributed by atoms with E-state index in [1.807, 2.05) is 0 Å². The van der Waals surface area contributed by atoms with Gasteiger partial charge in [-0.3, -0.25) is 14.5 Å². The number of carbonyl (C=O) groups is 2. The summed E-state index contributed by atoms with van der Waals surface area (Å²) in [6.07, 6.45) is 6.41. The summed E-state index contributed by atoms with van der Waals surface area (Å²) in [6, 6.07) is 0. The van der Waals surface area contributed by atoms with Crippen LogP contribution in [0.3, 0.4) is 0 Å². The number of primary amides is 1. The minimum Gasteiger partial charge on any atom is -0.363 e. The topological polar surface area (TPSA) is 106 Å². The second kappa shape index (κ2) is 6.40. The Morgan fingerprint density at radius 3 is 2.88 bits per heavy atom. The highest BCUT2D eigenvalue weighted by Gasteiger charge is 2.43. The number of nitrogens with zero attached hydrogens (tertiary/aromatic N) is 4. The van der Waals surface area contributed by atoms with E-state index in [0.29, 0.717) is 24.8 Å². The highest BCUT2D eigenvalue weighted by atomic mass is 16.5. The van der Waals surface area contributed by atoms with Crippen LogP contribution in [0.15, 0.2) is 4.52 Å². The molecular formula is C17H25N5O3. The van der Waals surface area contributed by atoms with Gasteiger partial charge in [0.2, 0.25) is 11.8 Å². The molecule has 0 unspecified atom stereocenters. The van der Waals surface area contributed by atoms with E-state index in [4.69, 9.17) is 10.3 Å². The molecule has 4 rings (SSSR count). The molecule has 8 heteroatoms. The Hall–Kier alpha value is -1.96. The fourth-order valence-corrected chi connectivity index (χ4v) is 4.27. The molecule has 3 heterocycles. The maximum atomic E-state index is 12.3. The van der Waals surface area contributed by atoms with Crippen molar-refractivity contribution in [2.75, 3.05) is 26.2 Å². The molecule has 1 saturated carbocycles. The summed E-state index contributed by atoms with van der Waals surface area (Å²) < 4.78 is 5.14. The van der Waals surface area contributed by atoms with E-state index in [-0.39, 0.29) is 11.2 Å². The van der Waals surface area contributed by atoms with Crippen LogP contribution < -0.4 is 5.73 Å². The minimum absolute atomic E-state index is 0.0689. The molecule has 1 aliphatic carbocycles. The molecule has 1 aromatic rings. The molecule has 136 valence electrons. The number of carbonyl (C=O) groups excluding carboxylic acids is 2. The average molecular weight is 347 g/mol. The Kier molecular flexibility index (Phi) is 4.23. The quantitative estimate of drug-likeness (QED) is 0.844. The molecule has 0 radical (unpaired) electrons. The van der Waals surface area contributed by atoms with Crippen LogP contribution in [0.25, 0.3) is 0 Å². The lowest BCUT2D eigenvalue weighted by molar-refractivity contribution is -0.139. The number of hydrogen-bond acceptors (Lipinski definition) is 6. The van der Waals surface area contributed by atoms with Crippen molar-refractivity contribution < 1.29 is 14.1 Å².